The van der Waals surface area contributed by atoms with E-state index in [1.165, 1.54) is 0 Å². The molecule has 4 atom stereocenters. The molecule has 21 heavy (non-hydrogen) atoms. The molecule has 0 saturated carbocycles. The Hall–Kier alpha value is -0.610. The molecule has 2 rings (SSSR count). The summed E-state index contributed by atoms with van der Waals surface area (Å²) in [5, 5.41) is 3.58. The number of ether oxygens (including phenoxy) is 1. The molecule has 0 aromatic rings. The Bertz CT molecular complexity index is 364. The van der Waals surface area contributed by atoms with E-state index in [1.807, 2.05) is 0 Å². The lowest BCUT2D eigenvalue weighted by atomic mass is 9.98. The molecule has 122 valence electrons. The van der Waals surface area contributed by atoms with Gasteiger partial charge in [-0.15, -0.1) is 0 Å². The molecule has 4 heteroatoms. The summed E-state index contributed by atoms with van der Waals surface area (Å²) < 4.78 is 5.90. The summed E-state index contributed by atoms with van der Waals surface area (Å²) in [6.45, 7) is 12.5. The molecule has 2 aliphatic heterocycles. The molecule has 0 bridgehead atoms. The number of hydrogen-bond donors (Lipinski definition) is 1. The molecule has 0 aromatic heterocycles. The van der Waals surface area contributed by atoms with E-state index in [0.717, 1.165) is 38.8 Å². The van der Waals surface area contributed by atoms with Crippen LogP contribution in [-0.4, -0.2) is 41.8 Å². The second kappa shape index (κ2) is 6.66. The number of carbonyl (C=O) groups excluding carboxylic acids is 1. The zero-order chi connectivity index (χ0) is 15.6. The second-order valence-corrected chi connectivity index (χ2v) is 7.54. The smallest absolute Gasteiger partial charge is 0.241 e. The van der Waals surface area contributed by atoms with Gasteiger partial charge in [0, 0.05) is 6.61 Å². The Balaban J connectivity index is 2.11. The molecule has 0 radical (unpaired) electrons. The van der Waals surface area contributed by atoms with Gasteiger partial charge < -0.3 is 9.64 Å². The third kappa shape index (κ3) is 3.78. The summed E-state index contributed by atoms with van der Waals surface area (Å²) in [5.41, 5.74) is -0.156. The highest BCUT2D eigenvalue weighted by Crippen LogP contribution is 2.30. The molecule has 4 nitrogen and oxygen atoms in total. The standard InChI is InChI=1S/C17H32N2O2/c1-6-13(4)15-16(20)19(14(18-15)10-12(2)3)11-17(5)8-7-9-21-17/h12-15,18H,6-11H2,1-5H3. The Kier molecular flexibility index (Phi) is 5.31. The van der Waals surface area contributed by atoms with Crippen LogP contribution >= 0.6 is 0 Å². The van der Waals surface area contributed by atoms with Gasteiger partial charge in [0.2, 0.25) is 5.91 Å². The van der Waals surface area contributed by atoms with Gasteiger partial charge in [0.15, 0.2) is 0 Å². The van der Waals surface area contributed by atoms with Crippen molar-refractivity contribution in [2.24, 2.45) is 11.8 Å². The molecular weight excluding hydrogens is 264 g/mol. The minimum atomic E-state index is -0.156. The quantitative estimate of drug-likeness (QED) is 0.819. The highest BCUT2D eigenvalue weighted by Gasteiger charge is 2.44. The number of rotatable bonds is 6. The largest absolute Gasteiger partial charge is 0.373 e. The van der Waals surface area contributed by atoms with E-state index in [9.17, 15) is 4.79 Å². The maximum atomic E-state index is 12.8. The van der Waals surface area contributed by atoms with Crippen molar-refractivity contribution in [2.75, 3.05) is 13.2 Å². The van der Waals surface area contributed by atoms with Gasteiger partial charge in [-0.05, 0) is 38.0 Å². The fraction of sp³-hybridized carbons (Fsp3) is 0.941. The van der Waals surface area contributed by atoms with Crippen LogP contribution in [0.15, 0.2) is 0 Å². The van der Waals surface area contributed by atoms with E-state index in [4.69, 9.17) is 4.74 Å². The van der Waals surface area contributed by atoms with E-state index in [1.54, 1.807) is 0 Å². The van der Waals surface area contributed by atoms with Gasteiger partial charge in [-0.1, -0.05) is 34.1 Å². The van der Waals surface area contributed by atoms with Crippen LogP contribution in [0.1, 0.15) is 60.3 Å². The zero-order valence-electron chi connectivity index (χ0n) is 14.3. The molecule has 1 amide bonds. The van der Waals surface area contributed by atoms with Crippen molar-refractivity contribution in [3.8, 4) is 0 Å². The Labute approximate surface area is 129 Å². The van der Waals surface area contributed by atoms with Crippen LogP contribution < -0.4 is 5.32 Å². The molecule has 4 unspecified atom stereocenters. The summed E-state index contributed by atoms with van der Waals surface area (Å²) in [5.74, 6) is 1.23. The summed E-state index contributed by atoms with van der Waals surface area (Å²) in [7, 11) is 0. The average Bonchev–Trinajstić information content (AvgIpc) is 2.96. The van der Waals surface area contributed by atoms with E-state index in [2.05, 4.69) is 44.8 Å². The summed E-state index contributed by atoms with van der Waals surface area (Å²) in [6, 6.07) is -0.0243. The van der Waals surface area contributed by atoms with Gasteiger partial charge in [0.05, 0.1) is 24.4 Å². The lowest BCUT2D eigenvalue weighted by molar-refractivity contribution is -0.134. The van der Waals surface area contributed by atoms with E-state index >= 15 is 0 Å². The molecule has 2 saturated heterocycles. The third-order valence-electron chi connectivity index (χ3n) is 5.01. The van der Waals surface area contributed by atoms with Gasteiger partial charge in [-0.3, -0.25) is 10.1 Å². The lowest BCUT2D eigenvalue weighted by Gasteiger charge is -2.33. The monoisotopic (exact) mass is 296 g/mol. The maximum absolute atomic E-state index is 12.8. The molecule has 0 spiro atoms. The fourth-order valence-corrected chi connectivity index (χ4v) is 3.50. The van der Waals surface area contributed by atoms with Crippen LogP contribution in [0.2, 0.25) is 0 Å². The Morgan fingerprint density at radius 3 is 2.67 bits per heavy atom. The van der Waals surface area contributed by atoms with Crippen LogP contribution in [0.3, 0.4) is 0 Å². The van der Waals surface area contributed by atoms with Crippen molar-refractivity contribution >= 4 is 5.91 Å². The fourth-order valence-electron chi connectivity index (χ4n) is 3.50. The Morgan fingerprint density at radius 1 is 1.43 bits per heavy atom. The zero-order valence-corrected chi connectivity index (χ0v) is 14.3. The SMILES string of the molecule is CCC(C)C1NC(CC(C)C)N(CC2(C)CCCO2)C1=O. The number of amides is 1. The summed E-state index contributed by atoms with van der Waals surface area (Å²) in [4.78, 5) is 14.9. The molecule has 2 fully saturated rings. The third-order valence-corrected chi connectivity index (χ3v) is 5.01. The van der Waals surface area contributed by atoms with E-state index in [-0.39, 0.29) is 23.7 Å². The molecule has 2 heterocycles. The van der Waals surface area contributed by atoms with Crippen molar-refractivity contribution in [1.29, 1.82) is 0 Å². The van der Waals surface area contributed by atoms with E-state index < -0.39 is 0 Å². The second-order valence-electron chi connectivity index (χ2n) is 7.54. The first kappa shape index (κ1) is 16.8. The highest BCUT2D eigenvalue weighted by molar-refractivity contribution is 5.84. The summed E-state index contributed by atoms with van der Waals surface area (Å²) in [6.07, 6.45) is 4.36. The number of nitrogens with zero attached hydrogens (tertiary/aromatic N) is 1. The minimum Gasteiger partial charge on any atom is -0.373 e. The first-order valence-electron chi connectivity index (χ1n) is 8.57. The maximum Gasteiger partial charge on any atom is 0.241 e. The molecule has 0 aromatic carbocycles. The first-order chi connectivity index (χ1) is 9.86. The number of carbonyl (C=O) groups is 1. The van der Waals surface area contributed by atoms with Gasteiger partial charge in [0.1, 0.15) is 0 Å². The normalized spacial score (nSPS) is 35.0. The predicted molar refractivity (Wildman–Crippen MR) is 84.9 cm³/mol. The minimum absolute atomic E-state index is 0.0243. The number of nitrogens with one attached hydrogen (secondary N) is 1. The molecule has 0 aliphatic carbocycles. The van der Waals surface area contributed by atoms with Crippen molar-refractivity contribution in [3.63, 3.8) is 0 Å². The van der Waals surface area contributed by atoms with E-state index in [0.29, 0.717) is 11.8 Å². The van der Waals surface area contributed by atoms with Crippen molar-refractivity contribution in [3.05, 3.63) is 0 Å². The average molecular weight is 296 g/mol. The number of hydrogen-bond acceptors (Lipinski definition) is 3. The van der Waals surface area contributed by atoms with Crippen LogP contribution in [0.5, 0.6) is 0 Å². The van der Waals surface area contributed by atoms with Crippen molar-refractivity contribution < 1.29 is 9.53 Å². The van der Waals surface area contributed by atoms with Gasteiger partial charge in [0.25, 0.3) is 0 Å². The molecular formula is C17H32N2O2. The van der Waals surface area contributed by atoms with Gasteiger partial charge >= 0.3 is 0 Å². The van der Waals surface area contributed by atoms with Crippen molar-refractivity contribution in [1.82, 2.24) is 10.2 Å². The van der Waals surface area contributed by atoms with Crippen molar-refractivity contribution in [2.45, 2.75) is 78.1 Å². The molecule has 2 aliphatic rings. The molecule has 1 N–H and O–H groups in total. The summed E-state index contributed by atoms with van der Waals surface area (Å²) >= 11 is 0. The van der Waals surface area contributed by atoms with Crippen LogP contribution in [0.4, 0.5) is 0 Å². The first-order valence-corrected chi connectivity index (χ1v) is 8.57. The highest BCUT2D eigenvalue weighted by atomic mass is 16.5. The van der Waals surface area contributed by atoms with Crippen LogP contribution in [0.25, 0.3) is 0 Å². The Morgan fingerprint density at radius 2 is 2.14 bits per heavy atom. The van der Waals surface area contributed by atoms with Gasteiger partial charge in [-0.2, -0.15) is 0 Å². The lowest BCUT2D eigenvalue weighted by Crippen LogP contribution is -2.47. The topological polar surface area (TPSA) is 41.6 Å². The van der Waals surface area contributed by atoms with Crippen LogP contribution in [-0.2, 0) is 9.53 Å². The van der Waals surface area contributed by atoms with Crippen LogP contribution in [0, 0.1) is 11.8 Å². The predicted octanol–water partition coefficient (Wildman–Crippen LogP) is 2.77. The van der Waals surface area contributed by atoms with Gasteiger partial charge in [-0.25, -0.2) is 0 Å².